The number of nitrogens with one attached hydrogen (secondary N) is 3. The maximum absolute atomic E-state index is 11.6. The van der Waals surface area contributed by atoms with Crippen LogP contribution in [0.3, 0.4) is 0 Å². The van der Waals surface area contributed by atoms with Crippen molar-refractivity contribution in [2.45, 2.75) is 30.6 Å². The molecule has 1 saturated carbocycles. The molecule has 1 aliphatic carbocycles. The van der Waals surface area contributed by atoms with E-state index in [4.69, 9.17) is 5.11 Å². The Morgan fingerprint density at radius 2 is 1.95 bits per heavy atom. The number of rotatable bonds is 6. The van der Waals surface area contributed by atoms with Crippen LogP contribution in [0.25, 0.3) is 0 Å². The second kappa shape index (κ2) is 7.88. The number of urea groups is 1. The van der Waals surface area contributed by atoms with Gasteiger partial charge in [-0.1, -0.05) is 6.42 Å². The van der Waals surface area contributed by atoms with Gasteiger partial charge in [-0.05, 0) is 19.1 Å². The topological polar surface area (TPSA) is 108 Å². The van der Waals surface area contributed by atoms with Crippen LogP contribution in [-0.4, -0.2) is 53.7 Å². The number of amides is 3. The standard InChI is InChI=1S/C11H19N3O4S/c1-19-8-4-2-3-7(8)14-11(18)13-5-9(15)12-6-10(16)17/h7-8H,2-6H2,1H3,(H,12,15)(H,16,17)(H2,13,14,18). The Bertz CT molecular complexity index is 351. The lowest BCUT2D eigenvalue weighted by Crippen LogP contribution is -2.47. The summed E-state index contributed by atoms with van der Waals surface area (Å²) in [5.41, 5.74) is 0. The first-order valence-electron chi connectivity index (χ1n) is 6.08. The van der Waals surface area contributed by atoms with E-state index in [1.54, 1.807) is 11.8 Å². The lowest BCUT2D eigenvalue weighted by Gasteiger charge is -2.19. The molecular weight excluding hydrogens is 270 g/mol. The Morgan fingerprint density at radius 3 is 2.58 bits per heavy atom. The molecule has 0 aromatic heterocycles. The highest BCUT2D eigenvalue weighted by Gasteiger charge is 2.27. The van der Waals surface area contributed by atoms with E-state index in [0.29, 0.717) is 5.25 Å². The molecule has 0 saturated heterocycles. The van der Waals surface area contributed by atoms with Gasteiger partial charge in [0.2, 0.25) is 5.91 Å². The number of hydrogen-bond donors (Lipinski definition) is 4. The largest absolute Gasteiger partial charge is 0.480 e. The number of carbonyl (C=O) groups is 3. The highest BCUT2D eigenvalue weighted by atomic mass is 32.2. The molecule has 2 atom stereocenters. The zero-order valence-electron chi connectivity index (χ0n) is 10.8. The molecule has 0 heterocycles. The Balaban J connectivity index is 2.20. The SMILES string of the molecule is CSC1CCCC1NC(=O)NCC(=O)NCC(=O)O. The summed E-state index contributed by atoms with van der Waals surface area (Å²) in [6.45, 7) is -0.672. The third-order valence-corrected chi connectivity index (χ3v) is 4.09. The number of thioether (sulfide) groups is 1. The zero-order valence-corrected chi connectivity index (χ0v) is 11.6. The average molecular weight is 289 g/mol. The van der Waals surface area contributed by atoms with Crippen molar-refractivity contribution in [2.75, 3.05) is 19.3 Å². The van der Waals surface area contributed by atoms with Crippen molar-refractivity contribution in [3.05, 3.63) is 0 Å². The molecule has 0 aromatic rings. The summed E-state index contributed by atoms with van der Waals surface area (Å²) in [6.07, 6.45) is 5.15. The maximum atomic E-state index is 11.6. The number of aliphatic carboxylic acids is 1. The van der Waals surface area contributed by atoms with Gasteiger partial charge in [-0.25, -0.2) is 4.79 Å². The molecule has 108 valence electrons. The maximum Gasteiger partial charge on any atom is 0.322 e. The molecule has 19 heavy (non-hydrogen) atoms. The van der Waals surface area contributed by atoms with Crippen LogP contribution in [0.5, 0.6) is 0 Å². The molecule has 8 heteroatoms. The predicted molar refractivity (Wildman–Crippen MR) is 72.1 cm³/mol. The number of carboxylic acid groups (broad SMARTS) is 1. The zero-order chi connectivity index (χ0) is 14.3. The minimum atomic E-state index is -1.12. The molecule has 1 rings (SSSR count). The number of carboxylic acids is 1. The van der Waals surface area contributed by atoms with E-state index in [-0.39, 0.29) is 12.6 Å². The first-order chi connectivity index (χ1) is 9.02. The molecule has 0 spiro atoms. The first kappa shape index (κ1) is 15.6. The molecule has 3 amide bonds. The summed E-state index contributed by atoms with van der Waals surface area (Å²) in [5.74, 6) is -1.64. The molecule has 4 N–H and O–H groups in total. The Morgan fingerprint density at radius 1 is 1.21 bits per heavy atom. The fourth-order valence-corrected chi connectivity index (χ4v) is 2.92. The summed E-state index contributed by atoms with van der Waals surface area (Å²) < 4.78 is 0. The van der Waals surface area contributed by atoms with Gasteiger partial charge in [-0.3, -0.25) is 9.59 Å². The van der Waals surface area contributed by atoms with Crippen LogP contribution in [-0.2, 0) is 9.59 Å². The van der Waals surface area contributed by atoms with E-state index >= 15 is 0 Å². The quantitative estimate of drug-likeness (QED) is 0.540. The van der Waals surface area contributed by atoms with Crippen LogP contribution in [0, 0.1) is 0 Å². The van der Waals surface area contributed by atoms with Crippen LogP contribution in [0.1, 0.15) is 19.3 Å². The van der Waals surface area contributed by atoms with Gasteiger partial charge < -0.3 is 21.1 Å². The van der Waals surface area contributed by atoms with E-state index in [1.807, 2.05) is 6.26 Å². The lowest BCUT2D eigenvalue weighted by molar-refractivity contribution is -0.137. The molecule has 2 unspecified atom stereocenters. The second-order valence-corrected chi connectivity index (χ2v) is 5.39. The van der Waals surface area contributed by atoms with Crippen molar-refractivity contribution < 1.29 is 19.5 Å². The Labute approximate surface area is 115 Å². The molecule has 1 aliphatic rings. The molecule has 0 radical (unpaired) electrons. The van der Waals surface area contributed by atoms with Gasteiger partial charge in [-0.15, -0.1) is 0 Å². The summed E-state index contributed by atoms with van der Waals surface area (Å²) in [4.78, 5) is 33.0. The molecule has 7 nitrogen and oxygen atoms in total. The van der Waals surface area contributed by atoms with Gasteiger partial charge in [0.05, 0.1) is 6.54 Å². The summed E-state index contributed by atoms with van der Waals surface area (Å²) in [7, 11) is 0. The summed E-state index contributed by atoms with van der Waals surface area (Å²) >= 11 is 1.73. The van der Waals surface area contributed by atoms with Crippen molar-refractivity contribution in [1.82, 2.24) is 16.0 Å². The average Bonchev–Trinajstić information content (AvgIpc) is 2.81. The van der Waals surface area contributed by atoms with Crippen molar-refractivity contribution in [2.24, 2.45) is 0 Å². The van der Waals surface area contributed by atoms with E-state index in [1.165, 1.54) is 0 Å². The fraction of sp³-hybridized carbons (Fsp3) is 0.727. The summed E-state index contributed by atoms with van der Waals surface area (Å²) in [5, 5.41) is 16.2. The fourth-order valence-electron chi connectivity index (χ4n) is 1.99. The van der Waals surface area contributed by atoms with E-state index < -0.39 is 24.5 Å². The normalized spacial score (nSPS) is 21.7. The van der Waals surface area contributed by atoms with Gasteiger partial charge in [0.15, 0.2) is 0 Å². The van der Waals surface area contributed by atoms with Gasteiger partial charge in [-0.2, -0.15) is 11.8 Å². The van der Waals surface area contributed by atoms with Crippen molar-refractivity contribution in [3.63, 3.8) is 0 Å². The Hall–Kier alpha value is -1.44. The van der Waals surface area contributed by atoms with Gasteiger partial charge in [0, 0.05) is 11.3 Å². The second-order valence-electron chi connectivity index (χ2n) is 4.31. The van der Waals surface area contributed by atoms with E-state index in [9.17, 15) is 14.4 Å². The highest BCUT2D eigenvalue weighted by Crippen LogP contribution is 2.28. The lowest BCUT2D eigenvalue weighted by atomic mass is 10.2. The van der Waals surface area contributed by atoms with Crippen LogP contribution >= 0.6 is 11.8 Å². The summed E-state index contributed by atoms with van der Waals surface area (Å²) in [6, 6.07) is -0.256. The first-order valence-corrected chi connectivity index (χ1v) is 7.37. The molecular formula is C11H19N3O4S. The van der Waals surface area contributed by atoms with Gasteiger partial charge >= 0.3 is 12.0 Å². The third kappa shape index (κ3) is 5.82. The smallest absolute Gasteiger partial charge is 0.322 e. The van der Waals surface area contributed by atoms with E-state index in [0.717, 1.165) is 19.3 Å². The van der Waals surface area contributed by atoms with Gasteiger partial charge in [0.1, 0.15) is 6.54 Å². The highest BCUT2D eigenvalue weighted by molar-refractivity contribution is 7.99. The molecule has 0 aromatic carbocycles. The van der Waals surface area contributed by atoms with Crippen molar-refractivity contribution in [3.8, 4) is 0 Å². The minimum Gasteiger partial charge on any atom is -0.480 e. The van der Waals surface area contributed by atoms with Crippen LogP contribution < -0.4 is 16.0 Å². The van der Waals surface area contributed by atoms with Crippen LogP contribution in [0.4, 0.5) is 4.79 Å². The van der Waals surface area contributed by atoms with E-state index in [2.05, 4.69) is 16.0 Å². The van der Waals surface area contributed by atoms with Gasteiger partial charge in [0.25, 0.3) is 0 Å². The Kier molecular flexibility index (Phi) is 6.48. The predicted octanol–water partition coefficient (Wildman–Crippen LogP) is -0.229. The van der Waals surface area contributed by atoms with Crippen LogP contribution in [0.15, 0.2) is 0 Å². The molecule has 0 aliphatic heterocycles. The third-order valence-electron chi connectivity index (χ3n) is 2.92. The van der Waals surface area contributed by atoms with Crippen LogP contribution in [0.2, 0.25) is 0 Å². The van der Waals surface area contributed by atoms with Crippen molar-refractivity contribution in [1.29, 1.82) is 0 Å². The monoisotopic (exact) mass is 289 g/mol. The molecule has 1 fully saturated rings. The minimum absolute atomic E-state index is 0.136. The molecule has 0 bridgehead atoms. The van der Waals surface area contributed by atoms with Crippen molar-refractivity contribution >= 4 is 29.7 Å². The number of hydrogen-bond acceptors (Lipinski definition) is 4. The number of carbonyl (C=O) groups excluding carboxylic acids is 2.